The van der Waals surface area contributed by atoms with Gasteiger partial charge in [0.15, 0.2) is 5.25 Å². The van der Waals surface area contributed by atoms with Crippen molar-refractivity contribution >= 4 is 20.2 Å². The summed E-state index contributed by atoms with van der Waals surface area (Å²) in [4.78, 5) is 0. The summed E-state index contributed by atoms with van der Waals surface area (Å²) in [5, 5.41) is -1.56. The molecule has 0 saturated heterocycles. The van der Waals surface area contributed by atoms with Crippen LogP contribution in [0.25, 0.3) is 0 Å². The number of nitrogens with zero attached hydrogens (tertiary/aromatic N) is 1. The number of hydrogen-bond donors (Lipinski definition) is 2. The molecule has 0 aliphatic rings. The zero-order valence-electron chi connectivity index (χ0n) is 10.8. The first-order valence-electron chi connectivity index (χ1n) is 4.72. The summed E-state index contributed by atoms with van der Waals surface area (Å²) in [5.74, 6) is -1.02. The Labute approximate surface area is 130 Å². The standard InChI is InChI=1S/C8H17NO6S2.Na/c1-4-5-9(2,3)6-8(17(13,14)15)7-16(10,11)12;/h4,8H,1,5-7H2,2-3H3,(H-,10,11,12,13,14,15);/q;+1/p+1. The molecule has 1 unspecified atom stereocenters. The van der Waals surface area contributed by atoms with E-state index < -0.39 is 31.2 Å². The molecule has 0 aromatic carbocycles. The fraction of sp³-hybridized carbons (Fsp3) is 0.750. The second-order valence-electron chi connectivity index (χ2n) is 4.48. The van der Waals surface area contributed by atoms with Crippen LogP contribution in [0.5, 0.6) is 0 Å². The smallest absolute Gasteiger partial charge is 0.324 e. The maximum atomic E-state index is 11.0. The van der Waals surface area contributed by atoms with Crippen molar-refractivity contribution in [2.75, 3.05) is 32.9 Å². The summed E-state index contributed by atoms with van der Waals surface area (Å²) < 4.78 is 61.1. The normalized spacial score (nSPS) is 14.7. The zero-order chi connectivity index (χ0) is 13.9. The van der Waals surface area contributed by atoms with Crippen LogP contribution in [0, 0.1) is 0 Å². The quantitative estimate of drug-likeness (QED) is 0.218. The summed E-state index contributed by atoms with van der Waals surface area (Å²) in [6.45, 7) is 3.75. The van der Waals surface area contributed by atoms with Crippen molar-refractivity contribution in [2.24, 2.45) is 0 Å². The number of quaternary nitrogens is 1. The monoisotopic (exact) mass is 311 g/mol. The molecule has 0 aliphatic heterocycles. The number of hydrogen-bond acceptors (Lipinski definition) is 4. The predicted molar refractivity (Wildman–Crippen MR) is 63.8 cm³/mol. The van der Waals surface area contributed by atoms with Crippen LogP contribution in [0.3, 0.4) is 0 Å². The van der Waals surface area contributed by atoms with Crippen LogP contribution < -0.4 is 29.6 Å². The topological polar surface area (TPSA) is 109 Å². The third-order valence-corrected chi connectivity index (χ3v) is 4.33. The summed E-state index contributed by atoms with van der Waals surface area (Å²) in [5.41, 5.74) is 0. The van der Waals surface area contributed by atoms with Gasteiger partial charge in [-0.3, -0.25) is 9.11 Å². The van der Waals surface area contributed by atoms with E-state index in [-0.39, 0.29) is 40.6 Å². The van der Waals surface area contributed by atoms with Crippen LogP contribution in [0.2, 0.25) is 0 Å². The van der Waals surface area contributed by atoms with Crippen LogP contribution in [0.1, 0.15) is 0 Å². The average Bonchev–Trinajstić information content (AvgIpc) is 1.97. The van der Waals surface area contributed by atoms with Gasteiger partial charge in [-0.25, -0.2) is 0 Å². The minimum absolute atomic E-state index is 0. The molecule has 0 radical (unpaired) electrons. The van der Waals surface area contributed by atoms with Gasteiger partial charge in [-0.1, -0.05) is 6.58 Å². The largest absolute Gasteiger partial charge is 1.00 e. The molecule has 0 amide bonds. The molecule has 0 aliphatic carbocycles. The SMILES string of the molecule is C=CC[N+](C)(C)CC(CS(=O)(=O)O)S(=O)(=O)O.[Na+]. The predicted octanol–water partition coefficient (Wildman–Crippen LogP) is -3.60. The van der Waals surface area contributed by atoms with Gasteiger partial charge in [0, 0.05) is 0 Å². The molecule has 0 bridgehead atoms. The molecule has 1 atom stereocenters. The van der Waals surface area contributed by atoms with E-state index >= 15 is 0 Å². The first-order valence-corrected chi connectivity index (χ1v) is 7.83. The van der Waals surface area contributed by atoms with Crippen molar-refractivity contribution in [3.05, 3.63) is 12.7 Å². The molecule has 18 heavy (non-hydrogen) atoms. The van der Waals surface area contributed by atoms with Gasteiger partial charge in [-0.2, -0.15) is 16.8 Å². The van der Waals surface area contributed by atoms with Gasteiger partial charge in [0.2, 0.25) is 0 Å². The van der Waals surface area contributed by atoms with Crippen LogP contribution >= 0.6 is 0 Å². The van der Waals surface area contributed by atoms with Crippen LogP contribution in [0.15, 0.2) is 12.7 Å². The van der Waals surface area contributed by atoms with E-state index in [1.165, 1.54) is 0 Å². The van der Waals surface area contributed by atoms with Gasteiger partial charge in [0.1, 0.15) is 5.75 Å². The van der Waals surface area contributed by atoms with Crippen LogP contribution in [-0.2, 0) is 20.2 Å². The van der Waals surface area contributed by atoms with E-state index in [1.54, 1.807) is 20.2 Å². The van der Waals surface area contributed by atoms with E-state index in [2.05, 4.69) is 6.58 Å². The first kappa shape index (κ1) is 20.8. The van der Waals surface area contributed by atoms with Crippen LogP contribution in [-0.4, -0.2) is 68.6 Å². The van der Waals surface area contributed by atoms with Gasteiger partial charge < -0.3 is 4.48 Å². The molecule has 0 aromatic heterocycles. The number of rotatable bonds is 7. The minimum atomic E-state index is -4.54. The Morgan fingerprint density at radius 1 is 1.22 bits per heavy atom. The Morgan fingerprint density at radius 2 is 1.67 bits per heavy atom. The molecule has 10 heteroatoms. The fourth-order valence-electron chi connectivity index (χ4n) is 1.44. The average molecular weight is 311 g/mol. The van der Waals surface area contributed by atoms with Gasteiger partial charge in [0.25, 0.3) is 20.2 Å². The minimum Gasteiger partial charge on any atom is -0.324 e. The summed E-state index contributed by atoms with van der Waals surface area (Å²) in [7, 11) is -5.69. The van der Waals surface area contributed by atoms with Crippen molar-refractivity contribution in [1.29, 1.82) is 0 Å². The summed E-state index contributed by atoms with van der Waals surface area (Å²) >= 11 is 0. The van der Waals surface area contributed by atoms with Gasteiger partial charge >= 0.3 is 29.6 Å². The Morgan fingerprint density at radius 3 is 1.94 bits per heavy atom. The maximum absolute atomic E-state index is 11.0. The van der Waals surface area contributed by atoms with E-state index in [0.29, 0.717) is 6.54 Å². The molecule has 0 rings (SSSR count). The van der Waals surface area contributed by atoms with Crippen molar-refractivity contribution in [2.45, 2.75) is 5.25 Å². The second kappa shape index (κ2) is 7.34. The van der Waals surface area contributed by atoms with E-state index in [4.69, 9.17) is 9.11 Å². The van der Waals surface area contributed by atoms with Gasteiger partial charge in [-0.15, -0.1) is 0 Å². The molecular weight excluding hydrogens is 293 g/mol. The first-order chi connectivity index (χ1) is 7.37. The molecule has 7 nitrogen and oxygen atoms in total. The molecule has 0 fully saturated rings. The molecule has 0 saturated carbocycles. The molecule has 102 valence electrons. The Hall–Kier alpha value is 0.520. The third-order valence-electron chi connectivity index (χ3n) is 2.14. The maximum Gasteiger partial charge on any atom is 1.00 e. The molecule has 0 spiro atoms. The molecular formula is C8H18NNaO6S2+2. The van der Waals surface area contributed by atoms with E-state index in [1.807, 2.05) is 0 Å². The summed E-state index contributed by atoms with van der Waals surface area (Å²) in [6.07, 6.45) is 1.55. The summed E-state index contributed by atoms with van der Waals surface area (Å²) in [6, 6.07) is 0. The third kappa shape index (κ3) is 9.45. The Kier molecular flexibility index (Phi) is 8.50. The molecule has 0 heterocycles. The zero-order valence-corrected chi connectivity index (χ0v) is 14.4. The Bertz CT molecular complexity index is 470. The van der Waals surface area contributed by atoms with E-state index in [9.17, 15) is 16.8 Å². The van der Waals surface area contributed by atoms with Crippen molar-refractivity contribution in [3.63, 3.8) is 0 Å². The fourth-order valence-corrected chi connectivity index (χ4v) is 3.81. The van der Waals surface area contributed by atoms with Gasteiger partial charge in [0.05, 0.1) is 27.2 Å². The Balaban J connectivity index is 0. The van der Waals surface area contributed by atoms with Crippen LogP contribution in [0.4, 0.5) is 0 Å². The second-order valence-corrected chi connectivity index (χ2v) is 7.67. The van der Waals surface area contributed by atoms with Crippen molar-refractivity contribution in [1.82, 2.24) is 0 Å². The van der Waals surface area contributed by atoms with E-state index in [0.717, 1.165) is 0 Å². The molecule has 0 aromatic rings. The number of likely N-dealkylation sites (N-methyl/N-ethyl adjacent to an activating group) is 1. The van der Waals surface area contributed by atoms with Gasteiger partial charge in [-0.05, 0) is 6.08 Å². The van der Waals surface area contributed by atoms with Crippen molar-refractivity contribution in [3.8, 4) is 0 Å². The van der Waals surface area contributed by atoms with Crippen molar-refractivity contribution < 1.29 is 60.0 Å². The molecule has 2 N–H and O–H groups in total.